The molecule has 2 rings (SSSR count). The normalized spacial score (nSPS) is 13.5. The molecule has 0 aliphatic carbocycles. The Kier molecular flexibility index (Phi) is 29.7. The molecule has 0 bridgehead atoms. The number of amides is 1. The van der Waals surface area contributed by atoms with E-state index in [1.165, 1.54) is 7.11 Å². The summed E-state index contributed by atoms with van der Waals surface area (Å²) in [5, 5.41) is 33.2. The fourth-order valence-electron chi connectivity index (χ4n) is 6.09. The summed E-state index contributed by atoms with van der Waals surface area (Å²) in [6, 6.07) is 16.4. The summed E-state index contributed by atoms with van der Waals surface area (Å²) in [4.78, 5) is 36.7. The van der Waals surface area contributed by atoms with Crippen molar-refractivity contribution in [1.29, 1.82) is 5.53 Å². The average molecular weight is 874 g/mol. The number of rotatable bonds is 40. The van der Waals surface area contributed by atoms with Gasteiger partial charge in [-0.3, -0.25) is 9.59 Å². The standard InChI is InChI=1S/C45H71N5O12/c1-4-5-22-49-43(53)20-24-57-26-27-58-25-23-48-34-38(50-46)35-60-29-28-59-30-31-61-45(56-3,44(54)55)21-19-37(47-2)33-39(51)14-8-6-11-18-42(52)36-13-12-17-41(32-36)62-40-15-9-7-10-16-40/h7,9-10,12-13,15-17,32,34,37,39,46-48,51H,4-6,8,11,14,18-31,33,35H2,1-3H3,(H,49,53)(H,54,55)/b38-34-,50-46?/t37-,39-,45?/m1/s1. The Morgan fingerprint density at radius 3 is 2.24 bits per heavy atom. The Bertz CT molecular complexity index is 1550. The van der Waals surface area contributed by atoms with Crippen LogP contribution < -0.4 is 20.7 Å². The van der Waals surface area contributed by atoms with E-state index in [0.717, 1.165) is 25.7 Å². The Balaban J connectivity index is 1.56. The molecular formula is C45H71N5O12. The maximum atomic E-state index is 12.8. The van der Waals surface area contributed by atoms with Gasteiger partial charge in [0.15, 0.2) is 5.78 Å². The van der Waals surface area contributed by atoms with Crippen LogP contribution in [0.1, 0.15) is 87.9 Å². The van der Waals surface area contributed by atoms with Crippen LogP contribution in [0.5, 0.6) is 11.5 Å². The predicted molar refractivity (Wildman–Crippen MR) is 233 cm³/mol. The van der Waals surface area contributed by atoms with Gasteiger partial charge in [0, 0.05) is 57.3 Å². The highest BCUT2D eigenvalue weighted by molar-refractivity contribution is 5.96. The number of ether oxygens (including phenoxy) is 7. The second-order valence-electron chi connectivity index (χ2n) is 14.5. The highest BCUT2D eigenvalue weighted by Crippen LogP contribution is 2.24. The molecule has 17 nitrogen and oxygen atoms in total. The minimum Gasteiger partial charge on any atom is -0.477 e. The molecule has 0 aliphatic heterocycles. The summed E-state index contributed by atoms with van der Waals surface area (Å²) in [5.74, 6) is -1.80. The zero-order valence-corrected chi connectivity index (χ0v) is 36.9. The van der Waals surface area contributed by atoms with Gasteiger partial charge in [-0.05, 0) is 63.4 Å². The summed E-state index contributed by atoms with van der Waals surface area (Å²) < 4.78 is 38.9. The number of Topliss-reactive ketones (excluding diaryl/α,β-unsaturated/α-hetero) is 1. The number of nitrogens with zero attached hydrogens (tertiary/aromatic N) is 1. The third kappa shape index (κ3) is 24.3. The summed E-state index contributed by atoms with van der Waals surface area (Å²) in [7, 11) is 3.05. The van der Waals surface area contributed by atoms with Gasteiger partial charge < -0.3 is 59.3 Å². The fraction of sp³-hybridized carbons (Fsp3) is 0.622. The van der Waals surface area contributed by atoms with Crippen molar-refractivity contribution in [3.63, 3.8) is 0 Å². The van der Waals surface area contributed by atoms with E-state index in [-0.39, 0.29) is 57.2 Å². The van der Waals surface area contributed by atoms with Gasteiger partial charge in [0.05, 0.1) is 65.6 Å². The zero-order valence-electron chi connectivity index (χ0n) is 36.9. The molecule has 0 saturated carbocycles. The van der Waals surface area contributed by atoms with Crippen LogP contribution in [0.15, 0.2) is 71.6 Å². The van der Waals surface area contributed by atoms with Crippen LogP contribution in [0, 0.1) is 5.53 Å². The highest BCUT2D eigenvalue weighted by Gasteiger charge is 2.40. The van der Waals surface area contributed by atoms with Crippen LogP contribution in [0.3, 0.4) is 0 Å². The van der Waals surface area contributed by atoms with Crippen molar-refractivity contribution in [3.05, 3.63) is 72.1 Å². The van der Waals surface area contributed by atoms with E-state index in [2.05, 4.69) is 28.0 Å². The monoisotopic (exact) mass is 874 g/mol. The number of carboxylic acids is 1. The number of carboxylic acid groups (broad SMARTS) is 1. The number of unbranched alkanes of at least 4 members (excludes halogenated alkanes) is 3. The number of ketones is 1. The van der Waals surface area contributed by atoms with Gasteiger partial charge in [-0.15, -0.1) is 0 Å². The molecule has 0 spiro atoms. The first-order valence-electron chi connectivity index (χ1n) is 21.7. The van der Waals surface area contributed by atoms with Crippen molar-refractivity contribution in [1.82, 2.24) is 16.0 Å². The minimum atomic E-state index is -1.88. The lowest BCUT2D eigenvalue weighted by Gasteiger charge is -2.30. The van der Waals surface area contributed by atoms with Crippen LogP contribution >= 0.6 is 0 Å². The second kappa shape index (κ2) is 34.2. The van der Waals surface area contributed by atoms with Gasteiger partial charge in [0.2, 0.25) is 5.91 Å². The highest BCUT2D eigenvalue weighted by atomic mass is 16.7. The molecule has 348 valence electrons. The molecule has 2 aromatic carbocycles. The summed E-state index contributed by atoms with van der Waals surface area (Å²) in [6.07, 6.45) is 7.33. The maximum Gasteiger partial charge on any atom is 0.364 e. The van der Waals surface area contributed by atoms with Crippen molar-refractivity contribution < 1.29 is 57.8 Å². The van der Waals surface area contributed by atoms with E-state index in [9.17, 15) is 24.6 Å². The molecule has 0 saturated heterocycles. The van der Waals surface area contributed by atoms with Crippen molar-refractivity contribution in [2.24, 2.45) is 5.11 Å². The van der Waals surface area contributed by atoms with Crippen LogP contribution in [-0.2, 0) is 38.0 Å². The molecule has 3 atom stereocenters. The molecule has 1 amide bonds. The van der Waals surface area contributed by atoms with Gasteiger partial charge in [-0.1, -0.05) is 56.5 Å². The summed E-state index contributed by atoms with van der Waals surface area (Å²) in [6.45, 7) is 5.40. The number of hydrogen-bond acceptors (Lipinski definition) is 15. The number of aliphatic carboxylic acids is 1. The van der Waals surface area contributed by atoms with Crippen molar-refractivity contribution in [3.8, 4) is 11.5 Å². The number of carbonyl (C=O) groups excluding carboxylic acids is 2. The molecular weight excluding hydrogens is 803 g/mol. The lowest BCUT2D eigenvalue weighted by Crippen LogP contribution is -2.46. The number of para-hydroxylation sites is 1. The van der Waals surface area contributed by atoms with Crippen molar-refractivity contribution in [2.75, 3.05) is 86.7 Å². The van der Waals surface area contributed by atoms with E-state index in [4.69, 9.17) is 38.7 Å². The Morgan fingerprint density at radius 2 is 1.53 bits per heavy atom. The largest absolute Gasteiger partial charge is 0.477 e. The number of methoxy groups -OCH3 is 1. The van der Waals surface area contributed by atoms with Crippen LogP contribution in [0.4, 0.5) is 0 Å². The summed E-state index contributed by atoms with van der Waals surface area (Å²) in [5.41, 5.74) is 8.35. The van der Waals surface area contributed by atoms with E-state index in [1.807, 2.05) is 42.5 Å². The van der Waals surface area contributed by atoms with E-state index in [0.29, 0.717) is 101 Å². The third-order valence-corrected chi connectivity index (χ3v) is 9.70. The van der Waals surface area contributed by atoms with Gasteiger partial charge >= 0.3 is 5.97 Å². The van der Waals surface area contributed by atoms with Gasteiger partial charge in [-0.2, -0.15) is 5.11 Å². The van der Waals surface area contributed by atoms with Crippen LogP contribution in [0.2, 0.25) is 0 Å². The fourth-order valence-corrected chi connectivity index (χ4v) is 6.09. The van der Waals surface area contributed by atoms with E-state index < -0.39 is 17.9 Å². The quantitative estimate of drug-likeness (QED) is 0.0195. The first kappa shape index (κ1) is 53.8. The number of benzene rings is 2. The number of aliphatic hydroxyl groups excluding tert-OH is 1. The molecule has 0 radical (unpaired) electrons. The first-order chi connectivity index (χ1) is 30.2. The molecule has 62 heavy (non-hydrogen) atoms. The van der Waals surface area contributed by atoms with E-state index in [1.54, 1.807) is 25.4 Å². The third-order valence-electron chi connectivity index (χ3n) is 9.70. The summed E-state index contributed by atoms with van der Waals surface area (Å²) >= 11 is 0. The van der Waals surface area contributed by atoms with Crippen LogP contribution in [0.25, 0.3) is 0 Å². The second-order valence-corrected chi connectivity index (χ2v) is 14.5. The smallest absolute Gasteiger partial charge is 0.364 e. The van der Waals surface area contributed by atoms with Crippen molar-refractivity contribution >= 4 is 17.7 Å². The van der Waals surface area contributed by atoms with Crippen molar-refractivity contribution in [2.45, 2.75) is 95.5 Å². The predicted octanol–water partition coefficient (Wildman–Crippen LogP) is 6.01. The number of carbonyl (C=O) groups is 3. The molecule has 0 aromatic heterocycles. The molecule has 17 heteroatoms. The van der Waals surface area contributed by atoms with Gasteiger partial charge in [-0.25, -0.2) is 10.3 Å². The molecule has 0 aliphatic rings. The molecule has 6 N–H and O–H groups in total. The Morgan fingerprint density at radius 1 is 0.823 bits per heavy atom. The number of nitrogens with one attached hydrogen (secondary N) is 4. The molecule has 2 aromatic rings. The average Bonchev–Trinajstić information content (AvgIpc) is 3.27. The SMILES string of the molecule is CCCCNC(=O)CCOCCOCCN/C=C(/COCCOCCOC(CC[C@H](C[C@H](O)CCCCCC(=O)c1cccc(Oc2ccccc2)c1)NC)(OC)C(=O)O)N=N. The first-order valence-corrected chi connectivity index (χ1v) is 21.7. The topological polar surface area (TPSA) is 229 Å². The molecule has 1 unspecified atom stereocenters. The lowest BCUT2D eigenvalue weighted by atomic mass is 9.97. The number of hydrogen-bond donors (Lipinski definition) is 6. The van der Waals surface area contributed by atoms with Crippen LogP contribution in [-0.4, -0.2) is 133 Å². The molecule has 0 fully saturated rings. The molecule has 0 heterocycles. The maximum absolute atomic E-state index is 12.8. The Labute approximate surface area is 367 Å². The van der Waals surface area contributed by atoms with Gasteiger partial charge in [0.1, 0.15) is 17.2 Å². The van der Waals surface area contributed by atoms with E-state index >= 15 is 0 Å². The number of aliphatic hydroxyl groups is 1. The zero-order chi connectivity index (χ0) is 45.1. The lowest BCUT2D eigenvalue weighted by molar-refractivity contribution is -0.241. The van der Waals surface area contributed by atoms with Gasteiger partial charge in [0.25, 0.3) is 5.79 Å². The minimum absolute atomic E-state index is 0.0125. The Hall–Kier alpha value is -4.33.